The van der Waals surface area contributed by atoms with E-state index in [1.807, 2.05) is 6.08 Å². The summed E-state index contributed by atoms with van der Waals surface area (Å²) in [6.07, 6.45) is 6.04. The second-order valence-corrected chi connectivity index (χ2v) is 3.68. The maximum Gasteiger partial charge on any atom is 0.167 e. The third-order valence-electron chi connectivity index (χ3n) is 2.05. The highest BCUT2D eigenvalue weighted by Gasteiger charge is 2.06. The van der Waals surface area contributed by atoms with Crippen molar-refractivity contribution in [2.75, 3.05) is 0 Å². The van der Waals surface area contributed by atoms with Gasteiger partial charge < -0.3 is 15.8 Å². The molecule has 0 atom stereocenters. The number of unbranched alkanes of at least 4 members (excludes halogenated alkanes) is 1. The standard InChI is InChI=1S/C14H22N2O/c1-6-8-9-10-11(3)16-13(5)14(12(4)15)17-7-2/h6-7,16H,1-3,5,8-10,15H2,4H3/b14-12-. The molecule has 0 radical (unpaired) electrons. The molecule has 0 unspecified atom stereocenters. The summed E-state index contributed by atoms with van der Waals surface area (Å²) in [4.78, 5) is 0. The molecular formula is C14H22N2O. The van der Waals surface area contributed by atoms with Gasteiger partial charge >= 0.3 is 0 Å². The molecule has 0 saturated heterocycles. The first kappa shape index (κ1) is 15.1. The molecule has 0 aromatic heterocycles. The lowest BCUT2D eigenvalue weighted by atomic mass is 10.2. The predicted octanol–water partition coefficient (Wildman–Crippen LogP) is 3.31. The van der Waals surface area contributed by atoms with Gasteiger partial charge in [-0.15, -0.1) is 6.58 Å². The molecule has 0 saturated carbocycles. The van der Waals surface area contributed by atoms with Gasteiger partial charge in [-0.3, -0.25) is 0 Å². The first-order valence-electron chi connectivity index (χ1n) is 5.51. The SMILES string of the molecule is C=CCCCC(=C)NC(=C)/C(OC=C)=C(\C)N. The molecule has 0 aliphatic carbocycles. The molecule has 0 aliphatic heterocycles. The Bertz CT molecular complexity index is 336. The van der Waals surface area contributed by atoms with Gasteiger partial charge in [0.05, 0.1) is 17.7 Å². The molecule has 0 rings (SSSR count). The van der Waals surface area contributed by atoms with Crippen LogP contribution in [0.25, 0.3) is 0 Å². The van der Waals surface area contributed by atoms with Crippen molar-refractivity contribution >= 4 is 0 Å². The average molecular weight is 234 g/mol. The topological polar surface area (TPSA) is 47.3 Å². The molecular weight excluding hydrogens is 212 g/mol. The third-order valence-corrected chi connectivity index (χ3v) is 2.05. The van der Waals surface area contributed by atoms with Gasteiger partial charge in [0.2, 0.25) is 0 Å². The van der Waals surface area contributed by atoms with Gasteiger partial charge in [-0.05, 0) is 26.2 Å². The second kappa shape index (κ2) is 8.28. The molecule has 0 aromatic carbocycles. The molecule has 3 nitrogen and oxygen atoms in total. The van der Waals surface area contributed by atoms with E-state index in [1.54, 1.807) is 6.92 Å². The number of hydrogen-bond acceptors (Lipinski definition) is 3. The number of hydrogen-bond donors (Lipinski definition) is 2. The summed E-state index contributed by atoms with van der Waals surface area (Å²) < 4.78 is 5.19. The summed E-state index contributed by atoms with van der Waals surface area (Å²) in [5.41, 5.74) is 7.70. The van der Waals surface area contributed by atoms with Crippen LogP contribution in [0.3, 0.4) is 0 Å². The van der Waals surface area contributed by atoms with Crippen LogP contribution in [-0.4, -0.2) is 0 Å². The predicted molar refractivity (Wildman–Crippen MR) is 73.6 cm³/mol. The Morgan fingerprint density at radius 2 is 2.00 bits per heavy atom. The Morgan fingerprint density at radius 3 is 2.47 bits per heavy atom. The van der Waals surface area contributed by atoms with Crippen LogP contribution in [0.1, 0.15) is 26.2 Å². The summed E-state index contributed by atoms with van der Waals surface area (Å²) >= 11 is 0. The van der Waals surface area contributed by atoms with E-state index in [1.165, 1.54) is 6.26 Å². The number of allylic oxidation sites excluding steroid dienone is 3. The molecule has 0 bridgehead atoms. The van der Waals surface area contributed by atoms with Crippen molar-refractivity contribution in [3.63, 3.8) is 0 Å². The van der Waals surface area contributed by atoms with Crippen LogP contribution >= 0.6 is 0 Å². The first-order chi connectivity index (χ1) is 8.02. The minimum atomic E-state index is 0.491. The van der Waals surface area contributed by atoms with Crippen LogP contribution in [0, 0.1) is 0 Å². The lowest BCUT2D eigenvalue weighted by Crippen LogP contribution is -2.16. The molecule has 3 heteroatoms. The molecule has 0 heterocycles. The van der Waals surface area contributed by atoms with Crippen molar-refractivity contribution in [3.8, 4) is 0 Å². The molecule has 0 fully saturated rings. The first-order valence-corrected chi connectivity index (χ1v) is 5.51. The van der Waals surface area contributed by atoms with E-state index in [9.17, 15) is 0 Å². The van der Waals surface area contributed by atoms with Crippen LogP contribution in [0.5, 0.6) is 0 Å². The minimum Gasteiger partial charge on any atom is -0.462 e. The summed E-state index contributed by atoms with van der Waals surface area (Å²) in [6.45, 7) is 16.7. The fourth-order valence-electron chi connectivity index (χ4n) is 1.28. The van der Waals surface area contributed by atoms with E-state index in [-0.39, 0.29) is 0 Å². The fourth-order valence-corrected chi connectivity index (χ4v) is 1.28. The zero-order valence-corrected chi connectivity index (χ0v) is 10.6. The van der Waals surface area contributed by atoms with Crippen molar-refractivity contribution in [1.29, 1.82) is 0 Å². The fraction of sp³-hybridized carbons (Fsp3) is 0.286. The summed E-state index contributed by atoms with van der Waals surface area (Å²) in [7, 11) is 0. The number of ether oxygens (including phenoxy) is 1. The highest BCUT2D eigenvalue weighted by Crippen LogP contribution is 2.13. The normalized spacial score (nSPS) is 11.1. The maximum atomic E-state index is 5.68. The van der Waals surface area contributed by atoms with Gasteiger partial charge in [0.25, 0.3) is 0 Å². The molecule has 17 heavy (non-hydrogen) atoms. The Morgan fingerprint density at radius 1 is 1.35 bits per heavy atom. The lowest BCUT2D eigenvalue weighted by Gasteiger charge is -2.15. The molecule has 3 N–H and O–H groups in total. The zero-order valence-electron chi connectivity index (χ0n) is 10.6. The van der Waals surface area contributed by atoms with Gasteiger partial charge in [-0.1, -0.05) is 25.8 Å². The molecule has 0 aromatic rings. The average Bonchev–Trinajstić information content (AvgIpc) is 2.25. The zero-order chi connectivity index (χ0) is 13.3. The van der Waals surface area contributed by atoms with Gasteiger partial charge in [0, 0.05) is 5.70 Å². The third kappa shape index (κ3) is 6.30. The van der Waals surface area contributed by atoms with Crippen LogP contribution in [0.2, 0.25) is 0 Å². The maximum absolute atomic E-state index is 5.68. The summed E-state index contributed by atoms with van der Waals surface area (Å²) in [5.74, 6) is 0.491. The number of rotatable bonds is 9. The molecule has 0 aliphatic rings. The lowest BCUT2D eigenvalue weighted by molar-refractivity contribution is 0.352. The molecule has 94 valence electrons. The van der Waals surface area contributed by atoms with Crippen LogP contribution in [0.4, 0.5) is 0 Å². The van der Waals surface area contributed by atoms with E-state index in [4.69, 9.17) is 10.5 Å². The van der Waals surface area contributed by atoms with Crippen molar-refractivity contribution in [2.45, 2.75) is 26.2 Å². The minimum absolute atomic E-state index is 0.491. The second-order valence-electron chi connectivity index (χ2n) is 3.68. The van der Waals surface area contributed by atoms with E-state index < -0.39 is 0 Å². The summed E-state index contributed by atoms with van der Waals surface area (Å²) in [6, 6.07) is 0. The quantitative estimate of drug-likeness (QED) is 0.278. The van der Waals surface area contributed by atoms with E-state index in [0.717, 1.165) is 25.0 Å². The number of nitrogens with two attached hydrogens (primary N) is 1. The monoisotopic (exact) mass is 234 g/mol. The highest BCUT2D eigenvalue weighted by molar-refractivity contribution is 5.27. The van der Waals surface area contributed by atoms with Crippen molar-refractivity contribution in [3.05, 3.63) is 61.5 Å². The molecule has 0 amide bonds. The van der Waals surface area contributed by atoms with Crippen molar-refractivity contribution in [1.82, 2.24) is 5.32 Å². The van der Waals surface area contributed by atoms with Crippen molar-refractivity contribution < 1.29 is 4.74 Å². The smallest absolute Gasteiger partial charge is 0.167 e. The van der Waals surface area contributed by atoms with E-state index in [2.05, 4.69) is 31.6 Å². The Balaban J connectivity index is 4.32. The molecule has 0 spiro atoms. The Labute approximate surface area is 104 Å². The summed E-state index contributed by atoms with van der Waals surface area (Å²) in [5, 5.41) is 3.07. The Kier molecular flexibility index (Phi) is 7.35. The van der Waals surface area contributed by atoms with Gasteiger partial charge in [0.15, 0.2) is 5.76 Å². The van der Waals surface area contributed by atoms with Gasteiger partial charge in [0.1, 0.15) is 0 Å². The van der Waals surface area contributed by atoms with Crippen LogP contribution < -0.4 is 11.1 Å². The number of nitrogens with one attached hydrogen (secondary N) is 1. The van der Waals surface area contributed by atoms with E-state index in [0.29, 0.717) is 17.2 Å². The largest absolute Gasteiger partial charge is 0.462 e. The van der Waals surface area contributed by atoms with Gasteiger partial charge in [-0.2, -0.15) is 0 Å². The Hall–Kier alpha value is -1.90. The van der Waals surface area contributed by atoms with Crippen molar-refractivity contribution in [2.24, 2.45) is 5.73 Å². The van der Waals surface area contributed by atoms with E-state index >= 15 is 0 Å². The van der Waals surface area contributed by atoms with Crippen LogP contribution in [0.15, 0.2) is 61.5 Å². The van der Waals surface area contributed by atoms with Gasteiger partial charge in [-0.25, -0.2) is 0 Å². The highest BCUT2D eigenvalue weighted by atomic mass is 16.5. The van der Waals surface area contributed by atoms with Crippen LogP contribution in [-0.2, 0) is 4.74 Å².